The highest BCUT2D eigenvalue weighted by atomic mass is 16.5. The molecule has 0 aliphatic carbocycles. The molecule has 0 rings (SSSR count). The number of rotatable bonds is 6. The summed E-state index contributed by atoms with van der Waals surface area (Å²) in [6.07, 6.45) is 0.304. The van der Waals surface area contributed by atoms with Crippen LogP contribution in [0.1, 0.15) is 9.16 Å². The molecule has 0 radical (unpaired) electrons. The SMILES string of the molecule is [2H]C(=C)C(=O)OCCCOC(=O)C([2H])=C. The van der Waals surface area contributed by atoms with Crippen molar-refractivity contribution in [2.75, 3.05) is 13.2 Å². The van der Waals surface area contributed by atoms with Crippen molar-refractivity contribution in [1.29, 1.82) is 0 Å². The first kappa shape index (κ1) is 8.04. The standard InChI is InChI=1S/C9H12O4/c1-3-8(10)12-6-5-7-13-9(11)4-2/h3-4H,1-2,5-7H2/i3D,4D. The van der Waals surface area contributed by atoms with Gasteiger partial charge in [0.1, 0.15) is 0 Å². The number of hydrogen-bond donors (Lipinski definition) is 0. The lowest BCUT2D eigenvalue weighted by Gasteiger charge is -2.02. The van der Waals surface area contributed by atoms with Crippen LogP contribution in [-0.2, 0) is 19.1 Å². The summed E-state index contributed by atoms with van der Waals surface area (Å²) in [5, 5.41) is 0. The number of carbonyl (C=O) groups excluding carboxylic acids is 2. The van der Waals surface area contributed by atoms with Crippen LogP contribution < -0.4 is 0 Å². The van der Waals surface area contributed by atoms with Crippen molar-refractivity contribution in [2.24, 2.45) is 0 Å². The van der Waals surface area contributed by atoms with Crippen molar-refractivity contribution in [3.63, 3.8) is 0 Å². The van der Waals surface area contributed by atoms with E-state index < -0.39 is 24.0 Å². The van der Waals surface area contributed by atoms with Crippen molar-refractivity contribution in [1.82, 2.24) is 0 Å². The molecule has 0 fully saturated rings. The number of hydrogen-bond acceptors (Lipinski definition) is 4. The van der Waals surface area contributed by atoms with E-state index in [2.05, 4.69) is 22.6 Å². The Morgan fingerprint density at radius 3 is 1.85 bits per heavy atom. The third-order valence-corrected chi connectivity index (χ3v) is 1.04. The van der Waals surface area contributed by atoms with Crippen LogP contribution in [0.4, 0.5) is 0 Å². The Bertz CT molecular complexity index is 258. The Kier molecular flexibility index (Phi) is 4.38. The van der Waals surface area contributed by atoms with Crippen molar-refractivity contribution < 1.29 is 21.8 Å². The third-order valence-electron chi connectivity index (χ3n) is 1.04. The van der Waals surface area contributed by atoms with E-state index in [0.29, 0.717) is 6.42 Å². The monoisotopic (exact) mass is 186 g/mol. The minimum absolute atomic E-state index is 0.0362. The van der Waals surface area contributed by atoms with Crippen LogP contribution >= 0.6 is 0 Å². The molecule has 0 amide bonds. The van der Waals surface area contributed by atoms with Gasteiger partial charge in [-0.05, 0) is 0 Å². The van der Waals surface area contributed by atoms with Gasteiger partial charge in [0.05, 0.1) is 16.0 Å². The summed E-state index contributed by atoms with van der Waals surface area (Å²) in [5.74, 6) is -1.60. The van der Waals surface area contributed by atoms with Gasteiger partial charge in [-0.3, -0.25) is 0 Å². The molecule has 0 saturated carbocycles. The van der Waals surface area contributed by atoms with Gasteiger partial charge in [-0.25, -0.2) is 9.59 Å². The summed E-state index contributed by atoms with van der Waals surface area (Å²) in [6.45, 7) is 6.22. The largest absolute Gasteiger partial charge is 0.462 e. The van der Waals surface area contributed by atoms with E-state index in [1.54, 1.807) is 0 Å². The Balaban J connectivity index is 3.48. The zero-order valence-corrected chi connectivity index (χ0v) is 7.17. The highest BCUT2D eigenvalue weighted by Gasteiger charge is 1.97. The van der Waals surface area contributed by atoms with E-state index in [-0.39, 0.29) is 13.2 Å². The molecule has 13 heavy (non-hydrogen) atoms. The van der Waals surface area contributed by atoms with Crippen LogP contribution in [-0.4, -0.2) is 25.2 Å². The van der Waals surface area contributed by atoms with Gasteiger partial charge in [-0.2, -0.15) is 0 Å². The van der Waals surface area contributed by atoms with Crippen molar-refractivity contribution in [2.45, 2.75) is 6.42 Å². The smallest absolute Gasteiger partial charge is 0.330 e. The van der Waals surface area contributed by atoms with Gasteiger partial charge in [0.25, 0.3) is 0 Å². The molecule has 4 nitrogen and oxygen atoms in total. The molecular formula is C9H12O4. The molecular weight excluding hydrogens is 172 g/mol. The molecule has 0 N–H and O–H groups in total. The summed E-state index contributed by atoms with van der Waals surface area (Å²) in [6, 6.07) is -0.849. The molecule has 0 aromatic heterocycles. The van der Waals surface area contributed by atoms with E-state index in [1.165, 1.54) is 0 Å². The Labute approximate surface area is 79.6 Å². The normalized spacial score (nSPS) is 10.8. The predicted octanol–water partition coefficient (Wildman–Crippen LogP) is 0.835. The molecule has 0 atom stereocenters. The molecule has 0 spiro atoms. The summed E-state index contributed by atoms with van der Waals surface area (Å²) in [4.78, 5) is 21.4. The lowest BCUT2D eigenvalue weighted by atomic mass is 10.5. The first-order chi connectivity index (χ1) is 6.95. The lowest BCUT2D eigenvalue weighted by Crippen LogP contribution is -2.07. The quantitative estimate of drug-likeness (QED) is 0.350. The van der Waals surface area contributed by atoms with Crippen LogP contribution in [0.15, 0.2) is 25.3 Å². The fourth-order valence-corrected chi connectivity index (χ4v) is 0.491. The van der Waals surface area contributed by atoms with E-state index >= 15 is 0 Å². The zero-order chi connectivity index (χ0) is 11.8. The highest BCUT2D eigenvalue weighted by molar-refractivity contribution is 5.81. The molecule has 4 heteroatoms. The van der Waals surface area contributed by atoms with E-state index in [4.69, 9.17) is 2.74 Å². The minimum atomic E-state index is -0.800. The molecule has 0 heterocycles. The van der Waals surface area contributed by atoms with Gasteiger partial charge >= 0.3 is 11.9 Å². The van der Waals surface area contributed by atoms with E-state index in [0.717, 1.165) is 0 Å². The average molecular weight is 186 g/mol. The molecule has 0 aromatic rings. The van der Waals surface area contributed by atoms with Crippen molar-refractivity contribution in [3.8, 4) is 0 Å². The molecule has 0 aliphatic heterocycles. The van der Waals surface area contributed by atoms with Crippen molar-refractivity contribution >= 4 is 11.9 Å². The maximum Gasteiger partial charge on any atom is 0.330 e. The summed E-state index contributed by atoms with van der Waals surface area (Å²) >= 11 is 0. The fraction of sp³-hybridized carbons (Fsp3) is 0.333. The topological polar surface area (TPSA) is 52.6 Å². The van der Waals surface area contributed by atoms with E-state index in [9.17, 15) is 9.59 Å². The predicted molar refractivity (Wildman–Crippen MR) is 46.9 cm³/mol. The molecule has 0 saturated heterocycles. The van der Waals surface area contributed by atoms with Crippen LogP contribution in [0.5, 0.6) is 0 Å². The van der Waals surface area contributed by atoms with Crippen LogP contribution in [0.2, 0.25) is 0 Å². The number of carbonyl (C=O) groups is 2. The molecule has 0 bridgehead atoms. The average Bonchev–Trinajstić information content (AvgIpc) is 2.16. The summed E-state index contributed by atoms with van der Waals surface area (Å²) < 4.78 is 22.7. The van der Waals surface area contributed by atoms with Crippen LogP contribution in [0, 0.1) is 0 Å². The molecule has 72 valence electrons. The summed E-state index contributed by atoms with van der Waals surface area (Å²) in [5.41, 5.74) is 0. The second kappa shape index (κ2) is 7.09. The first-order valence-corrected chi connectivity index (χ1v) is 3.60. The Hall–Kier alpha value is -1.58. The Morgan fingerprint density at radius 2 is 1.54 bits per heavy atom. The second-order valence-corrected chi connectivity index (χ2v) is 1.98. The molecule has 0 aliphatic rings. The van der Waals surface area contributed by atoms with E-state index in [1.807, 2.05) is 0 Å². The number of ether oxygens (including phenoxy) is 2. The molecule has 0 aromatic carbocycles. The van der Waals surface area contributed by atoms with Gasteiger partial charge in [0, 0.05) is 18.5 Å². The maximum absolute atomic E-state index is 10.7. The van der Waals surface area contributed by atoms with Gasteiger partial charge in [-0.1, -0.05) is 13.2 Å². The van der Waals surface area contributed by atoms with Gasteiger partial charge in [0.2, 0.25) is 0 Å². The highest BCUT2D eigenvalue weighted by Crippen LogP contribution is 1.87. The second-order valence-electron chi connectivity index (χ2n) is 1.98. The number of esters is 2. The first-order valence-electron chi connectivity index (χ1n) is 4.60. The Morgan fingerprint density at radius 1 is 1.15 bits per heavy atom. The van der Waals surface area contributed by atoms with Gasteiger partial charge < -0.3 is 9.47 Å². The zero-order valence-electron chi connectivity index (χ0n) is 9.17. The summed E-state index contributed by atoms with van der Waals surface area (Å²) in [7, 11) is 0. The van der Waals surface area contributed by atoms with Crippen LogP contribution in [0.25, 0.3) is 0 Å². The van der Waals surface area contributed by atoms with Crippen LogP contribution in [0.3, 0.4) is 0 Å². The maximum atomic E-state index is 10.7. The lowest BCUT2D eigenvalue weighted by molar-refractivity contribution is -0.140. The fourth-order valence-electron chi connectivity index (χ4n) is 0.491. The molecule has 0 unspecified atom stereocenters. The third kappa shape index (κ3) is 6.80. The van der Waals surface area contributed by atoms with Gasteiger partial charge in [-0.15, -0.1) is 0 Å². The minimum Gasteiger partial charge on any atom is -0.462 e. The van der Waals surface area contributed by atoms with Gasteiger partial charge in [0.15, 0.2) is 0 Å². The van der Waals surface area contributed by atoms with Crippen molar-refractivity contribution in [3.05, 3.63) is 25.3 Å².